The minimum absolute atomic E-state index is 0.0330. The number of nitrogens with two attached hydrogens (primary N) is 1. The van der Waals surface area contributed by atoms with Gasteiger partial charge in [-0.15, -0.1) is 0 Å². The first kappa shape index (κ1) is 23.7. The van der Waals surface area contributed by atoms with Gasteiger partial charge < -0.3 is 20.3 Å². The zero-order chi connectivity index (χ0) is 22.3. The third kappa shape index (κ3) is 5.66. The van der Waals surface area contributed by atoms with Gasteiger partial charge in [-0.25, -0.2) is 0 Å². The largest absolute Gasteiger partial charge is 0.480 e. The van der Waals surface area contributed by atoms with Crippen LogP contribution in [0.5, 0.6) is 0 Å². The number of carbonyl (C=O) groups is 2. The van der Waals surface area contributed by atoms with E-state index in [1.54, 1.807) is 0 Å². The Morgan fingerprint density at radius 3 is 2.74 bits per heavy atom. The van der Waals surface area contributed by atoms with Crippen molar-refractivity contribution in [3.05, 3.63) is 60.2 Å². The molecule has 2 aliphatic rings. The molecule has 0 aromatic heterocycles. The van der Waals surface area contributed by atoms with Gasteiger partial charge in [-0.3, -0.25) is 9.59 Å². The molecule has 0 saturated carbocycles. The summed E-state index contributed by atoms with van der Waals surface area (Å²) in [5.41, 5.74) is 6.07. The summed E-state index contributed by atoms with van der Waals surface area (Å²) < 4.78 is 11.8. The van der Waals surface area contributed by atoms with E-state index >= 15 is 0 Å². The van der Waals surface area contributed by atoms with Gasteiger partial charge in [0.1, 0.15) is 6.04 Å². The zero-order valence-corrected chi connectivity index (χ0v) is 18.6. The molecule has 1 aromatic rings. The van der Waals surface area contributed by atoms with Crippen LogP contribution in [0, 0.1) is 5.92 Å². The van der Waals surface area contributed by atoms with Gasteiger partial charge >= 0.3 is 5.97 Å². The zero-order valence-electron chi connectivity index (χ0n) is 17.8. The number of ether oxygens (including phenoxy) is 2. The first-order valence-corrected chi connectivity index (χ1v) is 11.9. The predicted octanol–water partition coefficient (Wildman–Crippen LogP) is 2.96. The maximum absolute atomic E-state index is 13.7. The van der Waals surface area contributed by atoms with E-state index in [4.69, 9.17) is 15.2 Å². The molecule has 3 N–H and O–H groups in total. The number of aliphatic carboxylic acids is 1. The van der Waals surface area contributed by atoms with E-state index in [-0.39, 0.29) is 18.3 Å². The number of hydrogen-bond acceptors (Lipinski definition) is 6. The van der Waals surface area contributed by atoms with Crippen molar-refractivity contribution in [2.75, 3.05) is 26.1 Å². The number of benzene rings is 1. The molecule has 168 valence electrons. The fraction of sp³-hybridized carbons (Fsp3) is 0.500. The lowest BCUT2D eigenvalue weighted by molar-refractivity contribution is -0.138. The number of ketones is 1. The van der Waals surface area contributed by atoms with Crippen LogP contribution in [0.4, 0.5) is 0 Å². The van der Waals surface area contributed by atoms with Crippen molar-refractivity contribution in [2.45, 2.75) is 42.1 Å². The molecule has 3 rings (SSSR count). The molecule has 5 unspecified atom stereocenters. The number of hydrogen-bond donors (Lipinski definition) is 2. The maximum atomic E-state index is 13.7. The van der Waals surface area contributed by atoms with Crippen LogP contribution in [0.15, 0.2) is 54.6 Å². The number of Topliss-reactive ketones (excluding diaryl/α,β-unsaturated/α-hetero) is 1. The minimum atomic E-state index is -1.10. The first-order valence-electron chi connectivity index (χ1n) is 10.6. The topological polar surface area (TPSA) is 98.9 Å². The Hall–Kier alpha value is -1.93. The van der Waals surface area contributed by atoms with Crippen molar-refractivity contribution < 1.29 is 24.2 Å². The van der Waals surface area contributed by atoms with Crippen molar-refractivity contribution in [1.82, 2.24) is 0 Å². The summed E-state index contributed by atoms with van der Waals surface area (Å²) in [6, 6.07) is 8.80. The van der Waals surface area contributed by atoms with E-state index in [0.29, 0.717) is 13.2 Å². The molecule has 0 amide bonds. The second-order valence-electron chi connectivity index (χ2n) is 8.09. The third-order valence-electron chi connectivity index (χ3n) is 6.04. The average Bonchev–Trinajstić information content (AvgIpc) is 3.31. The lowest BCUT2D eigenvalue weighted by Crippen LogP contribution is -2.47. The van der Waals surface area contributed by atoms with Crippen molar-refractivity contribution >= 4 is 23.5 Å². The van der Waals surface area contributed by atoms with Crippen molar-refractivity contribution in [1.29, 1.82) is 0 Å². The summed E-state index contributed by atoms with van der Waals surface area (Å²) in [5.74, 6) is -1.61. The quantitative estimate of drug-likeness (QED) is 0.540. The molecule has 1 aliphatic heterocycles. The van der Waals surface area contributed by atoms with E-state index in [0.717, 1.165) is 25.0 Å². The Labute approximate surface area is 187 Å². The molecule has 1 aliphatic carbocycles. The van der Waals surface area contributed by atoms with Gasteiger partial charge in [-0.2, -0.15) is 11.8 Å². The number of carboxylic acid groups (broad SMARTS) is 1. The normalized spacial score (nSPS) is 27.2. The highest BCUT2D eigenvalue weighted by atomic mass is 32.2. The van der Waals surface area contributed by atoms with E-state index < -0.39 is 28.6 Å². The van der Waals surface area contributed by atoms with Gasteiger partial charge in [-0.1, -0.05) is 54.6 Å². The van der Waals surface area contributed by atoms with E-state index in [2.05, 4.69) is 0 Å². The smallest absolute Gasteiger partial charge is 0.320 e. The fourth-order valence-electron chi connectivity index (χ4n) is 4.27. The van der Waals surface area contributed by atoms with E-state index in [9.17, 15) is 14.7 Å². The van der Waals surface area contributed by atoms with Crippen LogP contribution in [0.25, 0.3) is 0 Å². The molecule has 0 spiro atoms. The van der Waals surface area contributed by atoms with Crippen LogP contribution in [0.3, 0.4) is 0 Å². The van der Waals surface area contributed by atoms with Crippen LogP contribution < -0.4 is 5.73 Å². The van der Waals surface area contributed by atoms with E-state index in [1.807, 2.05) is 60.9 Å². The minimum Gasteiger partial charge on any atom is -0.480 e. The van der Waals surface area contributed by atoms with Crippen molar-refractivity contribution in [3.63, 3.8) is 0 Å². The summed E-state index contributed by atoms with van der Waals surface area (Å²) in [6.45, 7) is 1.59. The Bertz CT molecular complexity index is 805. The standard InChI is InChI=1S/C24H31NO5S/c1-31-21(14-20(25)23(27)28)22(26)19-11-5-6-12-24(19,17-8-3-2-4-9-17)16-29-15-18-10-7-13-30-18/h2-6,8-9,11-12,18-21H,7,10,13-16,25H2,1H3,(H,27,28). The third-order valence-corrected chi connectivity index (χ3v) is 7.03. The molecule has 7 heteroatoms. The van der Waals surface area contributed by atoms with Gasteiger partial charge in [0, 0.05) is 6.61 Å². The fourth-order valence-corrected chi connectivity index (χ4v) is 5.05. The molecule has 1 heterocycles. The van der Waals surface area contributed by atoms with Gasteiger partial charge in [0.15, 0.2) is 5.78 Å². The predicted molar refractivity (Wildman–Crippen MR) is 122 cm³/mol. The Morgan fingerprint density at radius 1 is 1.32 bits per heavy atom. The lowest BCUT2D eigenvalue weighted by Gasteiger charge is -2.39. The van der Waals surface area contributed by atoms with Crippen molar-refractivity contribution in [3.8, 4) is 0 Å². The van der Waals surface area contributed by atoms with Crippen LogP contribution in [0.1, 0.15) is 24.8 Å². The number of carboxylic acids is 1. The number of allylic oxidation sites excluding steroid dienone is 3. The second kappa shape index (κ2) is 11.1. The van der Waals surface area contributed by atoms with Crippen LogP contribution in [0.2, 0.25) is 0 Å². The SMILES string of the molecule is CSC(CC(N)C(=O)O)C(=O)C1C=CC=CC1(COCC1CCCO1)c1ccccc1. The Kier molecular flexibility index (Phi) is 8.49. The highest BCUT2D eigenvalue weighted by Gasteiger charge is 2.44. The average molecular weight is 446 g/mol. The Balaban J connectivity index is 1.87. The van der Waals surface area contributed by atoms with Crippen LogP contribution >= 0.6 is 11.8 Å². The molecule has 6 nitrogen and oxygen atoms in total. The van der Waals surface area contributed by atoms with Crippen molar-refractivity contribution in [2.24, 2.45) is 11.7 Å². The van der Waals surface area contributed by atoms with Gasteiger partial charge in [0.2, 0.25) is 0 Å². The van der Waals surface area contributed by atoms with Crippen LogP contribution in [-0.4, -0.2) is 60.3 Å². The van der Waals surface area contributed by atoms with Gasteiger partial charge in [-0.05, 0) is 31.1 Å². The summed E-state index contributed by atoms with van der Waals surface area (Å²) >= 11 is 1.35. The van der Waals surface area contributed by atoms with Gasteiger partial charge in [0.05, 0.1) is 35.9 Å². The number of thioether (sulfide) groups is 1. The molecule has 5 atom stereocenters. The van der Waals surface area contributed by atoms with E-state index in [1.165, 1.54) is 11.8 Å². The number of carbonyl (C=O) groups excluding carboxylic acids is 1. The molecular formula is C24H31NO5S. The number of rotatable bonds is 11. The van der Waals surface area contributed by atoms with Gasteiger partial charge in [0.25, 0.3) is 0 Å². The molecule has 1 saturated heterocycles. The highest BCUT2D eigenvalue weighted by molar-refractivity contribution is 7.99. The summed E-state index contributed by atoms with van der Waals surface area (Å²) in [4.78, 5) is 24.9. The second-order valence-corrected chi connectivity index (χ2v) is 9.13. The molecule has 0 bridgehead atoms. The lowest BCUT2D eigenvalue weighted by atomic mass is 9.66. The molecular weight excluding hydrogens is 414 g/mol. The molecule has 0 radical (unpaired) electrons. The summed E-state index contributed by atoms with van der Waals surface area (Å²) in [7, 11) is 0. The summed E-state index contributed by atoms with van der Waals surface area (Å²) in [6.07, 6.45) is 11.8. The van der Waals surface area contributed by atoms with Crippen LogP contribution in [-0.2, 0) is 24.5 Å². The Morgan fingerprint density at radius 2 is 2.10 bits per heavy atom. The molecule has 1 aromatic carbocycles. The highest BCUT2D eigenvalue weighted by Crippen LogP contribution is 2.40. The first-order chi connectivity index (χ1) is 15.0. The maximum Gasteiger partial charge on any atom is 0.320 e. The molecule has 1 fully saturated rings. The molecule has 31 heavy (non-hydrogen) atoms. The monoisotopic (exact) mass is 445 g/mol. The summed E-state index contributed by atoms with van der Waals surface area (Å²) in [5, 5.41) is 8.70.